The van der Waals surface area contributed by atoms with E-state index in [9.17, 15) is 9.59 Å². The van der Waals surface area contributed by atoms with Gasteiger partial charge in [-0.1, -0.05) is 22.9 Å². The maximum atomic E-state index is 11.6. The summed E-state index contributed by atoms with van der Waals surface area (Å²) in [7, 11) is 0. The summed E-state index contributed by atoms with van der Waals surface area (Å²) in [6, 6.07) is 5.76. The molecular formula is C17H25BrN2O3. The number of halogens is 1. The number of hydrogen-bond donors (Lipinski definition) is 2. The number of ether oxygens (including phenoxy) is 1. The van der Waals surface area contributed by atoms with E-state index in [1.165, 1.54) is 0 Å². The summed E-state index contributed by atoms with van der Waals surface area (Å²) in [6.45, 7) is 7.82. The quantitative estimate of drug-likeness (QED) is 0.720. The molecule has 5 nitrogen and oxygen atoms in total. The van der Waals surface area contributed by atoms with Crippen molar-refractivity contribution >= 4 is 33.6 Å². The smallest absolute Gasteiger partial charge is 0.407 e. The van der Waals surface area contributed by atoms with Crippen molar-refractivity contribution in [2.45, 2.75) is 52.6 Å². The molecule has 0 aromatic heterocycles. The first-order valence-corrected chi connectivity index (χ1v) is 8.55. The highest BCUT2D eigenvalue weighted by Crippen LogP contribution is 2.22. The molecule has 0 saturated carbocycles. The van der Waals surface area contributed by atoms with Gasteiger partial charge < -0.3 is 15.4 Å². The second-order valence-electron chi connectivity index (χ2n) is 6.24. The molecular weight excluding hydrogens is 360 g/mol. The number of rotatable bonds is 6. The number of anilines is 1. The topological polar surface area (TPSA) is 67.4 Å². The molecule has 1 aromatic carbocycles. The van der Waals surface area contributed by atoms with Crippen LogP contribution in [0, 0.1) is 0 Å². The van der Waals surface area contributed by atoms with Crippen LogP contribution in [-0.2, 0) is 16.0 Å². The fourth-order valence-electron chi connectivity index (χ4n) is 1.91. The van der Waals surface area contributed by atoms with E-state index < -0.39 is 11.7 Å². The molecule has 128 valence electrons. The zero-order chi connectivity index (χ0) is 17.5. The predicted octanol–water partition coefficient (Wildman–Crippen LogP) is 4.25. The van der Waals surface area contributed by atoms with Crippen molar-refractivity contribution in [2.24, 2.45) is 0 Å². The van der Waals surface area contributed by atoms with Crippen LogP contribution in [0.2, 0.25) is 0 Å². The van der Waals surface area contributed by atoms with Crippen LogP contribution in [-0.4, -0.2) is 24.1 Å². The standard InChI is InChI=1S/C17H25BrN2O3/c1-5-15(21)20-14-9-8-13(18)11-12(14)7-6-10-19-16(22)23-17(2,3)4/h8-9,11H,5-7,10H2,1-4H3,(H,19,22)(H,20,21). The number of nitrogens with one attached hydrogen (secondary N) is 2. The van der Waals surface area contributed by atoms with Crippen molar-refractivity contribution in [1.29, 1.82) is 0 Å². The Kier molecular flexibility index (Phi) is 7.55. The molecule has 0 aliphatic rings. The SMILES string of the molecule is CCC(=O)Nc1ccc(Br)cc1CCCNC(=O)OC(C)(C)C. The molecule has 1 rings (SSSR count). The third kappa shape index (κ3) is 8.02. The van der Waals surface area contributed by atoms with Gasteiger partial charge in [0.15, 0.2) is 0 Å². The second kappa shape index (κ2) is 8.91. The number of aryl methyl sites for hydroxylation is 1. The van der Waals surface area contributed by atoms with Crippen LogP contribution in [0.25, 0.3) is 0 Å². The zero-order valence-electron chi connectivity index (χ0n) is 14.2. The first kappa shape index (κ1) is 19.5. The maximum Gasteiger partial charge on any atom is 0.407 e. The van der Waals surface area contributed by atoms with Crippen LogP contribution in [0.15, 0.2) is 22.7 Å². The molecule has 0 fully saturated rings. The van der Waals surface area contributed by atoms with Gasteiger partial charge in [0.05, 0.1) is 0 Å². The minimum absolute atomic E-state index is 0.0135. The van der Waals surface area contributed by atoms with Gasteiger partial charge in [0.1, 0.15) is 5.60 Å². The van der Waals surface area contributed by atoms with Gasteiger partial charge in [0.25, 0.3) is 0 Å². The lowest BCUT2D eigenvalue weighted by atomic mass is 10.1. The summed E-state index contributed by atoms with van der Waals surface area (Å²) < 4.78 is 6.15. The van der Waals surface area contributed by atoms with E-state index in [1.54, 1.807) is 0 Å². The van der Waals surface area contributed by atoms with Crippen molar-refractivity contribution < 1.29 is 14.3 Å². The molecule has 0 atom stereocenters. The average Bonchev–Trinajstić information content (AvgIpc) is 2.44. The number of amides is 2. The molecule has 0 saturated heterocycles. The lowest BCUT2D eigenvalue weighted by molar-refractivity contribution is -0.115. The van der Waals surface area contributed by atoms with Gasteiger partial charge in [0, 0.05) is 23.1 Å². The van der Waals surface area contributed by atoms with E-state index in [-0.39, 0.29) is 5.91 Å². The van der Waals surface area contributed by atoms with Crippen LogP contribution in [0.3, 0.4) is 0 Å². The minimum atomic E-state index is -0.494. The molecule has 23 heavy (non-hydrogen) atoms. The summed E-state index contributed by atoms with van der Waals surface area (Å²) in [6.07, 6.45) is 1.53. The largest absolute Gasteiger partial charge is 0.444 e. The zero-order valence-corrected chi connectivity index (χ0v) is 15.7. The second-order valence-corrected chi connectivity index (χ2v) is 7.15. The summed E-state index contributed by atoms with van der Waals surface area (Å²) in [5.41, 5.74) is 1.36. The van der Waals surface area contributed by atoms with E-state index in [1.807, 2.05) is 45.9 Å². The highest BCUT2D eigenvalue weighted by atomic mass is 79.9. The Labute approximate surface area is 146 Å². The molecule has 0 bridgehead atoms. The number of benzene rings is 1. The monoisotopic (exact) mass is 384 g/mol. The Morgan fingerprint density at radius 3 is 2.57 bits per heavy atom. The Morgan fingerprint density at radius 1 is 1.26 bits per heavy atom. The van der Waals surface area contributed by atoms with Crippen LogP contribution < -0.4 is 10.6 Å². The van der Waals surface area contributed by atoms with Crippen molar-refractivity contribution in [2.75, 3.05) is 11.9 Å². The Bertz CT molecular complexity index is 553. The van der Waals surface area contributed by atoms with Crippen molar-refractivity contribution in [3.05, 3.63) is 28.2 Å². The summed E-state index contributed by atoms with van der Waals surface area (Å²) in [5.74, 6) is -0.0135. The maximum absolute atomic E-state index is 11.6. The summed E-state index contributed by atoms with van der Waals surface area (Å²) >= 11 is 3.44. The average molecular weight is 385 g/mol. The molecule has 1 aromatic rings. The summed E-state index contributed by atoms with van der Waals surface area (Å²) in [5, 5.41) is 5.63. The highest BCUT2D eigenvalue weighted by molar-refractivity contribution is 9.10. The lowest BCUT2D eigenvalue weighted by Crippen LogP contribution is -2.33. The number of hydrogen-bond acceptors (Lipinski definition) is 3. The molecule has 6 heteroatoms. The third-order valence-electron chi connectivity index (χ3n) is 2.95. The van der Waals surface area contributed by atoms with Crippen LogP contribution in [0.4, 0.5) is 10.5 Å². The molecule has 0 aliphatic carbocycles. The van der Waals surface area contributed by atoms with Gasteiger partial charge in [-0.3, -0.25) is 4.79 Å². The molecule has 2 amide bonds. The van der Waals surface area contributed by atoms with Crippen LogP contribution in [0.1, 0.15) is 46.1 Å². The molecule has 2 N–H and O–H groups in total. The van der Waals surface area contributed by atoms with Gasteiger partial charge in [-0.15, -0.1) is 0 Å². The van der Waals surface area contributed by atoms with Gasteiger partial charge in [-0.2, -0.15) is 0 Å². The normalized spacial score (nSPS) is 11.0. The van der Waals surface area contributed by atoms with Gasteiger partial charge in [0.2, 0.25) is 5.91 Å². The first-order chi connectivity index (χ1) is 10.7. The Hall–Kier alpha value is -1.56. The molecule has 0 heterocycles. The van der Waals surface area contributed by atoms with E-state index >= 15 is 0 Å². The lowest BCUT2D eigenvalue weighted by Gasteiger charge is -2.19. The van der Waals surface area contributed by atoms with E-state index in [0.717, 1.165) is 28.6 Å². The number of alkyl carbamates (subject to hydrolysis) is 1. The van der Waals surface area contributed by atoms with E-state index in [4.69, 9.17) is 4.74 Å². The van der Waals surface area contributed by atoms with Gasteiger partial charge in [-0.25, -0.2) is 4.79 Å². The van der Waals surface area contributed by atoms with Crippen molar-refractivity contribution in [3.63, 3.8) is 0 Å². The summed E-state index contributed by atoms with van der Waals surface area (Å²) in [4.78, 5) is 23.2. The van der Waals surface area contributed by atoms with Crippen molar-refractivity contribution in [3.8, 4) is 0 Å². The Balaban J connectivity index is 2.52. The number of carbonyl (C=O) groups is 2. The third-order valence-corrected chi connectivity index (χ3v) is 3.45. The van der Waals surface area contributed by atoms with E-state index in [2.05, 4.69) is 26.6 Å². The first-order valence-electron chi connectivity index (χ1n) is 7.76. The highest BCUT2D eigenvalue weighted by Gasteiger charge is 2.15. The van der Waals surface area contributed by atoms with Crippen LogP contribution in [0.5, 0.6) is 0 Å². The molecule has 0 spiro atoms. The minimum Gasteiger partial charge on any atom is -0.444 e. The van der Waals surface area contributed by atoms with Gasteiger partial charge >= 0.3 is 6.09 Å². The fraction of sp³-hybridized carbons (Fsp3) is 0.529. The van der Waals surface area contributed by atoms with Crippen molar-refractivity contribution in [1.82, 2.24) is 5.32 Å². The number of carbonyl (C=O) groups excluding carboxylic acids is 2. The van der Waals surface area contributed by atoms with E-state index in [0.29, 0.717) is 13.0 Å². The molecule has 0 radical (unpaired) electrons. The predicted molar refractivity (Wildman–Crippen MR) is 95.6 cm³/mol. The van der Waals surface area contributed by atoms with Crippen LogP contribution >= 0.6 is 15.9 Å². The fourth-order valence-corrected chi connectivity index (χ4v) is 2.32. The molecule has 0 unspecified atom stereocenters. The molecule has 0 aliphatic heterocycles. The Morgan fingerprint density at radius 2 is 1.96 bits per heavy atom. The van der Waals surface area contributed by atoms with Gasteiger partial charge in [-0.05, 0) is 57.4 Å².